The van der Waals surface area contributed by atoms with Gasteiger partial charge in [-0.05, 0) is 31.0 Å². The largest absolute Gasteiger partial charge is 0.507 e. The van der Waals surface area contributed by atoms with E-state index in [0.717, 1.165) is 12.8 Å². The Labute approximate surface area is 112 Å². The van der Waals surface area contributed by atoms with Gasteiger partial charge < -0.3 is 10.4 Å². The molecule has 2 N–H and O–H groups in total. The van der Waals surface area contributed by atoms with Crippen LogP contribution in [0, 0.1) is 0 Å². The van der Waals surface area contributed by atoms with Crippen molar-refractivity contribution in [1.29, 1.82) is 0 Å². The van der Waals surface area contributed by atoms with Crippen LogP contribution in [0.1, 0.15) is 19.8 Å². The summed E-state index contributed by atoms with van der Waals surface area (Å²) in [5.74, 6) is -0.601. The van der Waals surface area contributed by atoms with Crippen LogP contribution < -0.4 is 5.32 Å². The zero-order valence-electron chi connectivity index (χ0n) is 10.6. The smallest absolute Gasteiger partial charge is 0.246 e. The average molecular weight is 284 g/mol. The van der Waals surface area contributed by atoms with E-state index in [2.05, 4.69) is 5.32 Å². The summed E-state index contributed by atoms with van der Waals surface area (Å²) in [6.07, 6.45) is 1.65. The molecular weight excluding hydrogens is 268 g/mol. The summed E-state index contributed by atoms with van der Waals surface area (Å²) < 4.78 is 26.0. The minimum atomic E-state index is -3.70. The molecule has 1 aliphatic rings. The second-order valence-electron chi connectivity index (χ2n) is 4.47. The molecule has 19 heavy (non-hydrogen) atoms. The van der Waals surface area contributed by atoms with E-state index in [1.54, 1.807) is 0 Å². The standard InChI is InChI=1S/C12H16N2O4S/c1-9(15)13-10-4-5-11(16)12(8-10)19(17,18)14-6-2-3-7-14/h4-5,8,16H,2-3,6-7H2,1H3,(H,13,15). The van der Waals surface area contributed by atoms with Gasteiger partial charge in [0, 0.05) is 25.7 Å². The Morgan fingerprint density at radius 1 is 1.32 bits per heavy atom. The van der Waals surface area contributed by atoms with Crippen molar-refractivity contribution in [3.05, 3.63) is 18.2 Å². The van der Waals surface area contributed by atoms with E-state index in [1.165, 1.54) is 29.4 Å². The number of hydrogen-bond acceptors (Lipinski definition) is 4. The Hall–Kier alpha value is -1.60. The number of carbonyl (C=O) groups is 1. The summed E-state index contributed by atoms with van der Waals surface area (Å²) in [4.78, 5) is 10.8. The fourth-order valence-electron chi connectivity index (χ4n) is 2.07. The number of hydrogen-bond donors (Lipinski definition) is 2. The fourth-order valence-corrected chi connectivity index (χ4v) is 3.69. The van der Waals surface area contributed by atoms with Crippen LogP contribution in [-0.4, -0.2) is 36.8 Å². The molecule has 6 nitrogen and oxygen atoms in total. The Bertz CT molecular complexity index is 592. The third-order valence-electron chi connectivity index (χ3n) is 2.96. The number of amides is 1. The minimum absolute atomic E-state index is 0.166. The number of nitrogens with one attached hydrogen (secondary N) is 1. The van der Waals surface area contributed by atoms with Crippen molar-refractivity contribution in [2.24, 2.45) is 0 Å². The van der Waals surface area contributed by atoms with Gasteiger partial charge in [0.2, 0.25) is 15.9 Å². The predicted molar refractivity (Wildman–Crippen MR) is 70.4 cm³/mol. The van der Waals surface area contributed by atoms with Gasteiger partial charge in [-0.15, -0.1) is 0 Å². The lowest BCUT2D eigenvalue weighted by Crippen LogP contribution is -2.28. The highest BCUT2D eigenvalue weighted by molar-refractivity contribution is 7.89. The van der Waals surface area contributed by atoms with Gasteiger partial charge in [0.25, 0.3) is 0 Å². The second kappa shape index (κ2) is 5.18. The molecule has 0 aromatic heterocycles. The van der Waals surface area contributed by atoms with Crippen LogP contribution in [0.15, 0.2) is 23.1 Å². The third-order valence-corrected chi connectivity index (χ3v) is 4.89. The molecule has 0 aliphatic carbocycles. The average Bonchev–Trinajstić information content (AvgIpc) is 2.85. The first-order valence-electron chi connectivity index (χ1n) is 6.02. The Kier molecular flexibility index (Phi) is 3.77. The van der Waals surface area contributed by atoms with Crippen LogP contribution in [0.4, 0.5) is 5.69 Å². The number of sulfonamides is 1. The number of phenols is 1. The molecule has 0 spiro atoms. The molecule has 2 rings (SSSR count). The molecule has 1 aromatic rings. The van der Waals surface area contributed by atoms with Crippen LogP contribution in [0.5, 0.6) is 5.75 Å². The molecule has 1 fully saturated rings. The van der Waals surface area contributed by atoms with E-state index in [0.29, 0.717) is 18.8 Å². The van der Waals surface area contributed by atoms with Gasteiger partial charge in [0.15, 0.2) is 0 Å². The summed E-state index contributed by atoms with van der Waals surface area (Å²) in [5, 5.41) is 12.2. The van der Waals surface area contributed by atoms with E-state index < -0.39 is 10.0 Å². The summed E-state index contributed by atoms with van der Waals surface area (Å²) in [5.41, 5.74) is 0.350. The van der Waals surface area contributed by atoms with Gasteiger partial charge in [-0.25, -0.2) is 8.42 Å². The molecule has 1 amide bonds. The molecule has 1 aliphatic heterocycles. The molecule has 0 unspecified atom stereocenters. The highest BCUT2D eigenvalue weighted by atomic mass is 32.2. The first-order chi connectivity index (χ1) is 8.91. The van der Waals surface area contributed by atoms with Gasteiger partial charge in [-0.2, -0.15) is 4.31 Å². The molecule has 0 atom stereocenters. The molecule has 104 valence electrons. The maximum Gasteiger partial charge on any atom is 0.246 e. The van der Waals surface area contributed by atoms with E-state index in [-0.39, 0.29) is 16.6 Å². The van der Waals surface area contributed by atoms with Crippen molar-refractivity contribution in [3.63, 3.8) is 0 Å². The second-order valence-corrected chi connectivity index (χ2v) is 6.38. The van der Waals surface area contributed by atoms with E-state index in [1.807, 2.05) is 0 Å². The van der Waals surface area contributed by atoms with E-state index in [9.17, 15) is 18.3 Å². The van der Waals surface area contributed by atoms with Crippen molar-refractivity contribution in [2.45, 2.75) is 24.7 Å². The number of benzene rings is 1. The van der Waals surface area contributed by atoms with Crippen LogP contribution >= 0.6 is 0 Å². The van der Waals surface area contributed by atoms with Gasteiger partial charge in [0.05, 0.1) is 0 Å². The number of anilines is 1. The quantitative estimate of drug-likeness (QED) is 0.815. The van der Waals surface area contributed by atoms with Gasteiger partial charge in [0.1, 0.15) is 10.6 Å². The molecule has 1 aromatic carbocycles. The minimum Gasteiger partial charge on any atom is -0.507 e. The van der Waals surface area contributed by atoms with Crippen molar-refractivity contribution in [1.82, 2.24) is 4.31 Å². The summed E-state index contributed by atoms with van der Waals surface area (Å²) in [7, 11) is -3.70. The number of aromatic hydroxyl groups is 1. The molecule has 7 heteroatoms. The van der Waals surface area contributed by atoms with Crippen molar-refractivity contribution in [2.75, 3.05) is 18.4 Å². The highest BCUT2D eigenvalue weighted by Gasteiger charge is 2.29. The molecule has 0 bridgehead atoms. The van der Waals surface area contributed by atoms with E-state index in [4.69, 9.17) is 0 Å². The zero-order valence-corrected chi connectivity index (χ0v) is 11.4. The summed E-state index contributed by atoms with van der Waals surface area (Å²) in [6, 6.07) is 4.01. The number of nitrogens with zero attached hydrogens (tertiary/aromatic N) is 1. The number of carbonyl (C=O) groups excluding carboxylic acids is 1. The lowest BCUT2D eigenvalue weighted by atomic mass is 10.3. The summed E-state index contributed by atoms with van der Waals surface area (Å²) >= 11 is 0. The van der Waals surface area contributed by atoms with Gasteiger partial charge in [-0.1, -0.05) is 0 Å². The Balaban J connectivity index is 2.40. The highest BCUT2D eigenvalue weighted by Crippen LogP contribution is 2.30. The van der Waals surface area contributed by atoms with Gasteiger partial charge in [-0.3, -0.25) is 4.79 Å². The number of rotatable bonds is 3. The fraction of sp³-hybridized carbons (Fsp3) is 0.417. The van der Waals surface area contributed by atoms with Crippen LogP contribution in [0.25, 0.3) is 0 Å². The zero-order chi connectivity index (χ0) is 14.0. The monoisotopic (exact) mass is 284 g/mol. The first kappa shape index (κ1) is 13.8. The third kappa shape index (κ3) is 2.87. The lowest BCUT2D eigenvalue weighted by Gasteiger charge is -2.17. The maximum absolute atomic E-state index is 12.3. The lowest BCUT2D eigenvalue weighted by molar-refractivity contribution is -0.114. The molecule has 1 saturated heterocycles. The van der Waals surface area contributed by atoms with Crippen molar-refractivity contribution >= 4 is 21.6 Å². The van der Waals surface area contributed by atoms with Crippen LogP contribution in [0.3, 0.4) is 0 Å². The van der Waals surface area contributed by atoms with Gasteiger partial charge >= 0.3 is 0 Å². The molecule has 0 saturated carbocycles. The van der Waals surface area contributed by atoms with Crippen molar-refractivity contribution in [3.8, 4) is 5.75 Å². The number of phenolic OH excluding ortho intramolecular Hbond substituents is 1. The van der Waals surface area contributed by atoms with Crippen LogP contribution in [-0.2, 0) is 14.8 Å². The maximum atomic E-state index is 12.3. The van der Waals surface area contributed by atoms with Crippen molar-refractivity contribution < 1.29 is 18.3 Å². The SMILES string of the molecule is CC(=O)Nc1ccc(O)c(S(=O)(=O)N2CCCC2)c1. The molecular formula is C12H16N2O4S. The Morgan fingerprint density at radius 3 is 2.53 bits per heavy atom. The van der Waals surface area contributed by atoms with E-state index >= 15 is 0 Å². The first-order valence-corrected chi connectivity index (χ1v) is 7.46. The summed E-state index contributed by atoms with van der Waals surface area (Å²) in [6.45, 7) is 2.26. The van der Waals surface area contributed by atoms with Crippen LogP contribution in [0.2, 0.25) is 0 Å². The molecule has 0 radical (unpaired) electrons. The Morgan fingerprint density at radius 2 is 1.95 bits per heavy atom. The molecule has 1 heterocycles. The topological polar surface area (TPSA) is 86.7 Å². The normalized spacial score (nSPS) is 16.5. The predicted octanol–water partition coefficient (Wildman–Crippen LogP) is 1.14.